The van der Waals surface area contributed by atoms with Crippen LogP contribution in [0.1, 0.15) is 36.6 Å². The SMILES string of the molecule is N#Cc1nc(-c2ccco2)oc1N1CCC(C(=O)NC2CCOc3ccc(Br)cc32)CC1. The molecule has 0 saturated carbocycles. The summed E-state index contributed by atoms with van der Waals surface area (Å²) in [6, 6.07) is 11.4. The molecule has 4 heterocycles. The Hall–Kier alpha value is -3.25. The number of nitriles is 1. The number of piperidine rings is 1. The van der Waals surface area contributed by atoms with E-state index >= 15 is 0 Å². The van der Waals surface area contributed by atoms with Crippen molar-refractivity contribution < 1.29 is 18.4 Å². The van der Waals surface area contributed by atoms with Crippen LogP contribution in [0.2, 0.25) is 0 Å². The van der Waals surface area contributed by atoms with Crippen molar-refractivity contribution in [2.45, 2.75) is 25.3 Å². The lowest BCUT2D eigenvalue weighted by molar-refractivity contribution is -0.126. The first-order valence-corrected chi connectivity index (χ1v) is 11.3. The minimum Gasteiger partial charge on any atom is -0.493 e. The number of ether oxygens (including phenoxy) is 1. The summed E-state index contributed by atoms with van der Waals surface area (Å²) >= 11 is 3.50. The molecule has 1 fully saturated rings. The topological polar surface area (TPSA) is 105 Å². The van der Waals surface area contributed by atoms with Gasteiger partial charge in [-0.25, -0.2) is 0 Å². The zero-order chi connectivity index (χ0) is 22.1. The summed E-state index contributed by atoms with van der Waals surface area (Å²) in [5, 5.41) is 12.7. The van der Waals surface area contributed by atoms with Crippen molar-refractivity contribution >= 4 is 27.7 Å². The molecule has 0 spiro atoms. The van der Waals surface area contributed by atoms with E-state index in [4.69, 9.17) is 13.6 Å². The second kappa shape index (κ2) is 8.71. The van der Waals surface area contributed by atoms with Crippen molar-refractivity contribution in [1.29, 1.82) is 5.26 Å². The van der Waals surface area contributed by atoms with E-state index in [9.17, 15) is 10.1 Å². The van der Waals surface area contributed by atoms with E-state index in [1.165, 1.54) is 6.26 Å². The molecule has 1 saturated heterocycles. The van der Waals surface area contributed by atoms with E-state index in [1.54, 1.807) is 12.1 Å². The molecular weight excluding hydrogens is 476 g/mol. The van der Waals surface area contributed by atoms with Gasteiger partial charge >= 0.3 is 0 Å². The zero-order valence-electron chi connectivity index (χ0n) is 17.2. The van der Waals surface area contributed by atoms with Gasteiger partial charge in [-0.05, 0) is 43.2 Å². The predicted octanol–water partition coefficient (Wildman–Crippen LogP) is 4.43. The molecule has 32 heavy (non-hydrogen) atoms. The molecule has 3 aromatic rings. The van der Waals surface area contributed by atoms with Crippen LogP contribution in [0.5, 0.6) is 5.75 Å². The lowest BCUT2D eigenvalue weighted by Crippen LogP contribution is -2.42. The van der Waals surface area contributed by atoms with E-state index in [-0.39, 0.29) is 29.5 Å². The maximum Gasteiger partial charge on any atom is 0.266 e. The van der Waals surface area contributed by atoms with Crippen LogP contribution >= 0.6 is 15.9 Å². The van der Waals surface area contributed by atoms with Crippen LogP contribution in [-0.2, 0) is 4.79 Å². The monoisotopic (exact) mass is 496 g/mol. The molecule has 1 aromatic carbocycles. The fourth-order valence-corrected chi connectivity index (χ4v) is 4.63. The van der Waals surface area contributed by atoms with Crippen LogP contribution < -0.4 is 15.0 Å². The van der Waals surface area contributed by atoms with Gasteiger partial charge in [-0.1, -0.05) is 15.9 Å². The first-order valence-electron chi connectivity index (χ1n) is 10.5. The Morgan fingerprint density at radius 1 is 1.25 bits per heavy atom. The van der Waals surface area contributed by atoms with Crippen LogP contribution in [0.3, 0.4) is 0 Å². The summed E-state index contributed by atoms with van der Waals surface area (Å²) in [5.41, 5.74) is 1.23. The second-order valence-corrected chi connectivity index (χ2v) is 8.82. The molecule has 1 amide bonds. The lowest BCUT2D eigenvalue weighted by Gasteiger charge is -2.33. The van der Waals surface area contributed by atoms with E-state index < -0.39 is 0 Å². The molecule has 1 N–H and O–H groups in total. The normalized spacial score (nSPS) is 18.5. The molecule has 164 valence electrons. The number of nitrogens with zero attached hydrogens (tertiary/aromatic N) is 3. The number of carbonyl (C=O) groups excluding carboxylic acids is 1. The van der Waals surface area contributed by atoms with Crippen molar-refractivity contribution in [2.75, 3.05) is 24.6 Å². The fraction of sp³-hybridized carbons (Fsp3) is 0.348. The highest BCUT2D eigenvalue weighted by atomic mass is 79.9. The third-order valence-electron chi connectivity index (χ3n) is 5.93. The van der Waals surface area contributed by atoms with E-state index in [0.717, 1.165) is 22.2 Å². The number of oxazole rings is 1. The summed E-state index contributed by atoms with van der Waals surface area (Å²) in [4.78, 5) is 19.2. The molecule has 9 heteroatoms. The highest BCUT2D eigenvalue weighted by molar-refractivity contribution is 9.10. The van der Waals surface area contributed by atoms with Crippen molar-refractivity contribution in [3.05, 3.63) is 52.3 Å². The fourth-order valence-electron chi connectivity index (χ4n) is 4.25. The highest BCUT2D eigenvalue weighted by Crippen LogP contribution is 2.35. The lowest BCUT2D eigenvalue weighted by atomic mass is 9.94. The molecule has 5 rings (SSSR count). The molecule has 0 bridgehead atoms. The number of nitrogens with one attached hydrogen (secondary N) is 1. The standard InChI is InChI=1S/C23H21BrN4O4/c24-15-3-4-19-16(12-15)17(7-11-31-19)26-21(29)14-5-8-28(9-6-14)23-18(13-25)27-22(32-23)20-2-1-10-30-20/h1-4,10,12,14,17H,5-9,11H2,(H,26,29). The number of benzene rings is 1. The molecule has 2 aliphatic heterocycles. The van der Waals surface area contributed by atoms with Gasteiger partial charge in [0.05, 0.1) is 18.9 Å². The Morgan fingerprint density at radius 3 is 2.84 bits per heavy atom. The smallest absolute Gasteiger partial charge is 0.266 e. The average Bonchev–Trinajstić information content (AvgIpc) is 3.49. The van der Waals surface area contributed by atoms with Crippen LogP contribution in [0.15, 0.2) is 49.9 Å². The van der Waals surface area contributed by atoms with Gasteiger partial charge < -0.3 is 23.8 Å². The number of fused-ring (bicyclic) bond motifs is 1. The van der Waals surface area contributed by atoms with Crippen molar-refractivity contribution in [3.8, 4) is 23.5 Å². The second-order valence-electron chi connectivity index (χ2n) is 7.90. The molecule has 0 aliphatic carbocycles. The molecule has 0 radical (unpaired) electrons. The summed E-state index contributed by atoms with van der Waals surface area (Å²) < 4.78 is 17.8. The maximum absolute atomic E-state index is 13.0. The van der Waals surface area contributed by atoms with Crippen LogP contribution in [-0.4, -0.2) is 30.6 Å². The predicted molar refractivity (Wildman–Crippen MR) is 119 cm³/mol. The van der Waals surface area contributed by atoms with Gasteiger partial charge in [0.25, 0.3) is 5.89 Å². The number of hydrogen-bond donors (Lipinski definition) is 1. The number of hydrogen-bond acceptors (Lipinski definition) is 7. The first-order chi connectivity index (χ1) is 15.6. The van der Waals surface area contributed by atoms with E-state index in [2.05, 4.69) is 32.3 Å². The number of anilines is 1. The largest absolute Gasteiger partial charge is 0.493 e. The Balaban J connectivity index is 1.24. The number of halogens is 1. The Labute approximate surface area is 193 Å². The zero-order valence-corrected chi connectivity index (χ0v) is 18.8. The third-order valence-corrected chi connectivity index (χ3v) is 6.42. The van der Waals surface area contributed by atoms with Gasteiger partial charge in [0.15, 0.2) is 5.76 Å². The Bertz CT molecular complexity index is 1160. The number of carbonyl (C=O) groups is 1. The van der Waals surface area contributed by atoms with Crippen molar-refractivity contribution in [1.82, 2.24) is 10.3 Å². The number of rotatable bonds is 4. The molecular formula is C23H21BrN4O4. The summed E-state index contributed by atoms with van der Waals surface area (Å²) in [7, 11) is 0. The van der Waals surface area contributed by atoms with Crippen LogP contribution in [0.25, 0.3) is 11.7 Å². The maximum atomic E-state index is 13.0. The summed E-state index contributed by atoms with van der Waals surface area (Å²) in [5.74, 6) is 1.97. The van der Waals surface area contributed by atoms with E-state index in [1.807, 2.05) is 23.1 Å². The minimum atomic E-state index is -0.0947. The molecule has 2 aromatic heterocycles. The van der Waals surface area contributed by atoms with Crippen LogP contribution in [0.4, 0.5) is 5.88 Å². The molecule has 1 unspecified atom stereocenters. The quantitative estimate of drug-likeness (QED) is 0.569. The molecule has 2 aliphatic rings. The van der Waals surface area contributed by atoms with Gasteiger partial charge in [0, 0.05) is 35.5 Å². The highest BCUT2D eigenvalue weighted by Gasteiger charge is 2.31. The number of furan rings is 1. The van der Waals surface area contributed by atoms with Gasteiger partial charge in [0.1, 0.15) is 11.8 Å². The van der Waals surface area contributed by atoms with Crippen LogP contribution in [0, 0.1) is 17.2 Å². The third kappa shape index (κ3) is 3.98. The first kappa shape index (κ1) is 20.6. The number of amides is 1. The minimum absolute atomic E-state index is 0.0526. The molecule has 1 atom stereocenters. The molecule has 8 nitrogen and oxygen atoms in total. The Kier molecular flexibility index (Phi) is 5.62. The van der Waals surface area contributed by atoms with Crippen molar-refractivity contribution in [3.63, 3.8) is 0 Å². The average molecular weight is 497 g/mol. The van der Waals surface area contributed by atoms with Gasteiger partial charge in [-0.3, -0.25) is 4.79 Å². The van der Waals surface area contributed by atoms with Gasteiger partial charge in [-0.15, -0.1) is 0 Å². The van der Waals surface area contributed by atoms with Crippen molar-refractivity contribution in [2.24, 2.45) is 5.92 Å². The number of aromatic nitrogens is 1. The van der Waals surface area contributed by atoms with Gasteiger partial charge in [-0.2, -0.15) is 10.2 Å². The summed E-state index contributed by atoms with van der Waals surface area (Å²) in [6.45, 7) is 1.80. The summed E-state index contributed by atoms with van der Waals surface area (Å²) in [6.07, 6.45) is 3.61. The van der Waals surface area contributed by atoms with E-state index in [0.29, 0.717) is 44.2 Å². The van der Waals surface area contributed by atoms with Gasteiger partial charge in [0.2, 0.25) is 17.5 Å². The Morgan fingerprint density at radius 2 is 2.09 bits per heavy atom.